The molecule has 1 amide bonds. The number of amides is 1. The second-order valence-electron chi connectivity index (χ2n) is 4.90. The Morgan fingerprint density at radius 3 is 2.54 bits per heavy atom. The molecule has 0 aliphatic heterocycles. The van der Waals surface area contributed by atoms with Crippen LogP contribution < -0.4 is 5.32 Å². The Morgan fingerprint density at radius 1 is 1.04 bits per heavy atom. The maximum atomic E-state index is 13.1. The number of benzene rings is 1. The Kier molecular flexibility index (Phi) is 4.07. The predicted molar refractivity (Wildman–Crippen MR) is 81.3 cm³/mol. The predicted octanol–water partition coefficient (Wildman–Crippen LogP) is 4.61. The van der Waals surface area contributed by atoms with E-state index >= 15 is 0 Å². The molecule has 1 N–H and O–H groups in total. The summed E-state index contributed by atoms with van der Waals surface area (Å²) < 4.78 is 44.5. The molecule has 2 aromatic heterocycles. The van der Waals surface area contributed by atoms with Crippen LogP contribution in [0.1, 0.15) is 16.1 Å². The summed E-state index contributed by atoms with van der Waals surface area (Å²) in [5, 5.41) is 2.55. The monoisotopic (exact) mass is 332 g/mol. The number of rotatable bonds is 3. The van der Waals surface area contributed by atoms with Gasteiger partial charge in [0.2, 0.25) is 0 Å². The van der Waals surface area contributed by atoms with Gasteiger partial charge in [-0.15, -0.1) is 0 Å². The van der Waals surface area contributed by atoms with Crippen molar-refractivity contribution in [2.45, 2.75) is 6.18 Å². The molecule has 0 radical (unpaired) electrons. The first kappa shape index (κ1) is 15.8. The van der Waals surface area contributed by atoms with Crippen molar-refractivity contribution in [3.8, 4) is 11.3 Å². The highest BCUT2D eigenvalue weighted by Gasteiger charge is 2.34. The van der Waals surface area contributed by atoms with Crippen molar-refractivity contribution in [3.63, 3.8) is 0 Å². The number of nitrogens with zero attached hydrogens (tertiary/aromatic N) is 1. The van der Waals surface area contributed by atoms with Gasteiger partial charge in [-0.1, -0.05) is 18.2 Å². The van der Waals surface area contributed by atoms with Gasteiger partial charge in [0.05, 0.1) is 17.4 Å². The summed E-state index contributed by atoms with van der Waals surface area (Å²) >= 11 is 0. The number of nitrogens with one attached hydrogen (secondary N) is 1. The maximum absolute atomic E-state index is 13.1. The van der Waals surface area contributed by atoms with Crippen LogP contribution in [0.2, 0.25) is 0 Å². The molecule has 0 aliphatic rings. The largest absolute Gasteiger partial charge is 0.451 e. The van der Waals surface area contributed by atoms with Gasteiger partial charge in [0.25, 0.3) is 5.91 Å². The number of furan rings is 1. The van der Waals surface area contributed by atoms with E-state index in [-0.39, 0.29) is 17.1 Å². The third-order valence-corrected chi connectivity index (χ3v) is 3.25. The highest BCUT2D eigenvalue weighted by atomic mass is 19.4. The zero-order chi connectivity index (χ0) is 17.2. The van der Waals surface area contributed by atoms with E-state index < -0.39 is 17.6 Å². The summed E-state index contributed by atoms with van der Waals surface area (Å²) in [4.78, 5) is 15.9. The van der Waals surface area contributed by atoms with Crippen LogP contribution in [-0.4, -0.2) is 10.9 Å². The van der Waals surface area contributed by atoms with E-state index in [2.05, 4.69) is 10.3 Å². The van der Waals surface area contributed by atoms with Crippen molar-refractivity contribution in [2.24, 2.45) is 0 Å². The van der Waals surface area contributed by atoms with Crippen LogP contribution in [0.25, 0.3) is 11.3 Å². The number of aromatic nitrogens is 1. The Hall–Kier alpha value is -3.09. The zero-order valence-electron chi connectivity index (χ0n) is 12.2. The van der Waals surface area contributed by atoms with Crippen LogP contribution in [0.5, 0.6) is 0 Å². The van der Waals surface area contributed by atoms with Crippen LogP contribution in [-0.2, 0) is 6.18 Å². The lowest BCUT2D eigenvalue weighted by molar-refractivity contribution is -0.137. The van der Waals surface area contributed by atoms with Crippen LogP contribution in [0, 0.1) is 0 Å². The van der Waals surface area contributed by atoms with Crippen molar-refractivity contribution in [1.29, 1.82) is 0 Å². The molecule has 0 bridgehead atoms. The lowest BCUT2D eigenvalue weighted by atomic mass is 10.1. The van der Waals surface area contributed by atoms with E-state index in [1.54, 1.807) is 18.3 Å². The lowest BCUT2D eigenvalue weighted by Crippen LogP contribution is -2.10. The van der Waals surface area contributed by atoms with E-state index in [1.165, 1.54) is 36.5 Å². The minimum Gasteiger partial charge on any atom is -0.451 e. The van der Waals surface area contributed by atoms with Crippen LogP contribution >= 0.6 is 0 Å². The standard InChI is InChI=1S/C17H11F3N2O2/c18-17(19,20)13-6-2-1-5-12(13)14-7-8-15(24-14)16(23)22-11-4-3-9-21-10-11/h1-10H,(H,22,23). The van der Waals surface area contributed by atoms with Gasteiger partial charge in [0, 0.05) is 11.8 Å². The van der Waals surface area contributed by atoms with E-state index in [9.17, 15) is 18.0 Å². The highest BCUT2D eigenvalue weighted by molar-refractivity contribution is 6.02. The number of hydrogen-bond donors (Lipinski definition) is 1. The minimum atomic E-state index is -4.51. The van der Waals surface area contributed by atoms with Gasteiger partial charge in [-0.25, -0.2) is 0 Å². The molecule has 4 nitrogen and oxygen atoms in total. The summed E-state index contributed by atoms with van der Waals surface area (Å²) in [5.41, 5.74) is -0.486. The maximum Gasteiger partial charge on any atom is 0.417 e. The van der Waals surface area contributed by atoms with Crippen molar-refractivity contribution < 1.29 is 22.4 Å². The van der Waals surface area contributed by atoms with Crippen molar-refractivity contribution in [2.75, 3.05) is 5.32 Å². The zero-order valence-corrected chi connectivity index (χ0v) is 12.2. The Bertz CT molecular complexity index is 858. The molecule has 7 heteroatoms. The van der Waals surface area contributed by atoms with Gasteiger partial charge >= 0.3 is 6.18 Å². The molecule has 2 heterocycles. The Labute approximate surface area is 134 Å². The van der Waals surface area contributed by atoms with Crippen molar-refractivity contribution in [3.05, 3.63) is 72.2 Å². The molecule has 0 fully saturated rings. The van der Waals surface area contributed by atoms with Crippen LogP contribution in [0.3, 0.4) is 0 Å². The molecular weight excluding hydrogens is 321 g/mol. The second kappa shape index (κ2) is 6.19. The molecule has 0 spiro atoms. The molecule has 24 heavy (non-hydrogen) atoms. The lowest BCUT2D eigenvalue weighted by Gasteiger charge is -2.10. The molecule has 1 aromatic carbocycles. The molecule has 0 unspecified atom stereocenters. The van der Waals surface area contributed by atoms with E-state index in [0.29, 0.717) is 5.69 Å². The molecule has 3 aromatic rings. The molecule has 0 saturated heterocycles. The molecule has 0 saturated carbocycles. The van der Waals surface area contributed by atoms with E-state index in [4.69, 9.17) is 4.42 Å². The van der Waals surface area contributed by atoms with E-state index in [0.717, 1.165) is 6.07 Å². The first-order chi connectivity index (χ1) is 11.4. The second-order valence-corrected chi connectivity index (χ2v) is 4.90. The average Bonchev–Trinajstić information content (AvgIpc) is 3.05. The van der Waals surface area contributed by atoms with Crippen molar-refractivity contribution in [1.82, 2.24) is 4.98 Å². The average molecular weight is 332 g/mol. The van der Waals surface area contributed by atoms with Crippen LogP contribution in [0.15, 0.2) is 65.3 Å². The highest BCUT2D eigenvalue weighted by Crippen LogP contribution is 2.37. The summed E-state index contributed by atoms with van der Waals surface area (Å²) in [6, 6.07) is 11.0. The van der Waals surface area contributed by atoms with Gasteiger partial charge in [-0.2, -0.15) is 13.2 Å². The van der Waals surface area contributed by atoms with Gasteiger partial charge in [0.15, 0.2) is 5.76 Å². The van der Waals surface area contributed by atoms with E-state index in [1.807, 2.05) is 0 Å². The molecule has 122 valence electrons. The third kappa shape index (κ3) is 3.29. The van der Waals surface area contributed by atoms with Crippen LogP contribution in [0.4, 0.5) is 18.9 Å². The fraction of sp³-hybridized carbons (Fsp3) is 0.0588. The number of carbonyl (C=O) groups is 1. The summed E-state index contributed by atoms with van der Waals surface area (Å²) in [7, 11) is 0. The number of pyridine rings is 1. The fourth-order valence-electron chi connectivity index (χ4n) is 2.18. The number of hydrogen-bond acceptors (Lipinski definition) is 3. The van der Waals surface area contributed by atoms with Gasteiger partial charge in [-0.05, 0) is 30.3 Å². The van der Waals surface area contributed by atoms with Gasteiger partial charge in [0.1, 0.15) is 5.76 Å². The fourth-order valence-corrected chi connectivity index (χ4v) is 2.18. The number of alkyl halides is 3. The third-order valence-electron chi connectivity index (χ3n) is 3.25. The SMILES string of the molecule is O=C(Nc1cccnc1)c1ccc(-c2ccccc2C(F)(F)F)o1. The molecule has 0 atom stereocenters. The Morgan fingerprint density at radius 2 is 1.83 bits per heavy atom. The normalized spacial score (nSPS) is 11.3. The van der Waals surface area contributed by atoms with Crippen molar-refractivity contribution >= 4 is 11.6 Å². The first-order valence-corrected chi connectivity index (χ1v) is 6.93. The summed E-state index contributed by atoms with van der Waals surface area (Å²) in [6.07, 6.45) is -1.52. The molecule has 0 aliphatic carbocycles. The quantitative estimate of drug-likeness (QED) is 0.762. The molecular formula is C17H11F3N2O2. The Balaban J connectivity index is 1.88. The number of halogens is 3. The van der Waals surface area contributed by atoms with Gasteiger partial charge in [-0.3, -0.25) is 9.78 Å². The summed E-state index contributed by atoms with van der Waals surface area (Å²) in [5.74, 6) is -0.691. The smallest absolute Gasteiger partial charge is 0.417 e. The molecule has 3 rings (SSSR count). The number of anilines is 1. The topological polar surface area (TPSA) is 55.1 Å². The minimum absolute atomic E-state index is 0.0285. The number of carbonyl (C=O) groups excluding carboxylic acids is 1. The first-order valence-electron chi connectivity index (χ1n) is 6.93. The van der Waals surface area contributed by atoms with Gasteiger partial charge < -0.3 is 9.73 Å². The summed E-state index contributed by atoms with van der Waals surface area (Å²) in [6.45, 7) is 0.